The Hall–Kier alpha value is -3.91. The van der Waals surface area contributed by atoms with Gasteiger partial charge in [-0.15, -0.1) is 0 Å². The van der Waals surface area contributed by atoms with Gasteiger partial charge in [-0.1, -0.05) is 79.6 Å². The minimum Gasteiger partial charge on any atom is -0.508 e. The van der Waals surface area contributed by atoms with Gasteiger partial charge < -0.3 is 30.1 Å². The molecule has 4 aromatic rings. The van der Waals surface area contributed by atoms with Gasteiger partial charge in [0.2, 0.25) is 0 Å². The number of nitrogens with one attached hydrogen (secondary N) is 1. The molecule has 228 valence electrons. The van der Waals surface area contributed by atoms with E-state index in [9.17, 15) is 20.1 Å². The number of unbranched alkanes of at least 4 members (excludes halogenated alkanes) is 4. The highest BCUT2D eigenvalue weighted by Crippen LogP contribution is 2.30. The predicted octanol–water partition coefficient (Wildman–Crippen LogP) is 6.83. The number of phenols is 2. The molecule has 0 radical (unpaired) electrons. The first kappa shape index (κ1) is 32.0. The molecule has 0 aliphatic carbocycles. The largest absolute Gasteiger partial charge is 0.508 e. The molecule has 7 heteroatoms. The van der Waals surface area contributed by atoms with E-state index in [1.807, 2.05) is 18.2 Å². The second kappa shape index (κ2) is 17.3. The minimum absolute atomic E-state index is 0.0170. The summed E-state index contributed by atoms with van der Waals surface area (Å²) in [5.41, 5.74) is 2.46. The summed E-state index contributed by atoms with van der Waals surface area (Å²) in [6, 6.07) is 25.9. The van der Waals surface area contributed by atoms with Crippen molar-refractivity contribution in [3.05, 3.63) is 107 Å². The zero-order valence-corrected chi connectivity index (χ0v) is 24.7. The molecule has 0 aliphatic rings. The van der Waals surface area contributed by atoms with E-state index in [0.29, 0.717) is 23.1 Å². The van der Waals surface area contributed by atoms with Crippen LogP contribution in [0.1, 0.15) is 71.7 Å². The van der Waals surface area contributed by atoms with Crippen LogP contribution < -0.4 is 5.32 Å². The number of hydrogen-bond acceptors (Lipinski definition) is 7. The third kappa shape index (κ3) is 10.1. The van der Waals surface area contributed by atoms with Crippen molar-refractivity contribution >= 4 is 16.7 Å². The van der Waals surface area contributed by atoms with Crippen LogP contribution in [0.5, 0.6) is 11.5 Å². The number of ether oxygens (including phenoxy) is 2. The number of phenolic OH excluding ortho intramolecular Hbond substituents is 2. The van der Waals surface area contributed by atoms with Crippen molar-refractivity contribution in [3.63, 3.8) is 0 Å². The number of esters is 1. The third-order valence-electron chi connectivity index (χ3n) is 7.52. The molecule has 4 aromatic carbocycles. The fraction of sp³-hybridized carbons (Fsp3) is 0.361. The molecule has 1 unspecified atom stereocenters. The van der Waals surface area contributed by atoms with Crippen LogP contribution in [0.3, 0.4) is 0 Å². The Morgan fingerprint density at radius 3 is 2.35 bits per heavy atom. The maximum Gasteiger partial charge on any atom is 0.342 e. The van der Waals surface area contributed by atoms with Gasteiger partial charge in [-0.25, -0.2) is 4.79 Å². The highest BCUT2D eigenvalue weighted by atomic mass is 16.5. The molecular formula is C36H43NO6. The van der Waals surface area contributed by atoms with E-state index in [-0.39, 0.29) is 23.7 Å². The zero-order chi connectivity index (χ0) is 30.3. The number of aromatic hydroxyl groups is 2. The number of aliphatic hydroxyl groups is 1. The topological polar surface area (TPSA) is 108 Å². The Kier molecular flexibility index (Phi) is 12.9. The van der Waals surface area contributed by atoms with Crippen LogP contribution in [0.2, 0.25) is 0 Å². The molecule has 0 aliphatic heterocycles. The van der Waals surface area contributed by atoms with Crippen molar-refractivity contribution in [2.45, 2.75) is 57.7 Å². The Morgan fingerprint density at radius 1 is 0.767 bits per heavy atom. The first-order chi connectivity index (χ1) is 21.0. The molecular weight excluding hydrogens is 542 g/mol. The lowest BCUT2D eigenvalue weighted by atomic mass is 10.0. The summed E-state index contributed by atoms with van der Waals surface area (Å²) in [5.74, 6) is -0.781. The average Bonchev–Trinajstić information content (AvgIpc) is 3.03. The maximum absolute atomic E-state index is 12.7. The van der Waals surface area contributed by atoms with Crippen molar-refractivity contribution in [2.24, 2.45) is 0 Å². The summed E-state index contributed by atoms with van der Waals surface area (Å²) < 4.78 is 11.2. The molecule has 0 bridgehead atoms. The van der Waals surface area contributed by atoms with E-state index < -0.39 is 12.1 Å². The second-order valence-electron chi connectivity index (χ2n) is 10.8. The number of hydrogen-bond donors (Lipinski definition) is 4. The molecule has 1 atom stereocenters. The van der Waals surface area contributed by atoms with E-state index in [2.05, 4.69) is 29.6 Å². The molecule has 0 saturated heterocycles. The molecule has 4 N–H and O–H groups in total. The number of rotatable bonds is 18. The van der Waals surface area contributed by atoms with Gasteiger partial charge in [0.05, 0.1) is 6.10 Å². The third-order valence-corrected chi connectivity index (χ3v) is 7.52. The Balaban J connectivity index is 1.08. The fourth-order valence-electron chi connectivity index (χ4n) is 5.04. The average molecular weight is 586 g/mol. The predicted molar refractivity (Wildman–Crippen MR) is 169 cm³/mol. The molecule has 0 fully saturated rings. The number of fused-ring (bicyclic) bond motifs is 1. The molecule has 0 aromatic heterocycles. The van der Waals surface area contributed by atoms with Crippen LogP contribution >= 0.6 is 0 Å². The Morgan fingerprint density at radius 2 is 1.51 bits per heavy atom. The summed E-state index contributed by atoms with van der Waals surface area (Å²) in [4.78, 5) is 12.7. The van der Waals surface area contributed by atoms with Gasteiger partial charge in [0.15, 0.2) is 0 Å². The van der Waals surface area contributed by atoms with Crippen LogP contribution in [-0.2, 0) is 22.5 Å². The monoisotopic (exact) mass is 585 g/mol. The van der Waals surface area contributed by atoms with Crippen molar-refractivity contribution in [1.29, 1.82) is 0 Å². The quantitative estimate of drug-likeness (QED) is 0.0749. The molecule has 0 amide bonds. The Labute approximate surface area is 254 Å². The van der Waals surface area contributed by atoms with Crippen molar-refractivity contribution in [1.82, 2.24) is 5.32 Å². The maximum atomic E-state index is 12.7. The van der Waals surface area contributed by atoms with Crippen molar-refractivity contribution in [3.8, 4) is 11.5 Å². The normalized spacial score (nSPS) is 11.9. The molecule has 4 rings (SSSR count). The SMILES string of the molecule is O=C(OCc1ccc(O)c(C(O)CNCCCCCCOCCCCc2ccccc2)c1)c1ccc2ccccc2c1O. The van der Waals surface area contributed by atoms with E-state index >= 15 is 0 Å². The smallest absolute Gasteiger partial charge is 0.342 e. The first-order valence-electron chi connectivity index (χ1n) is 15.2. The highest BCUT2D eigenvalue weighted by molar-refractivity contribution is 6.01. The van der Waals surface area contributed by atoms with E-state index in [4.69, 9.17) is 9.47 Å². The van der Waals surface area contributed by atoms with Gasteiger partial charge in [0.1, 0.15) is 23.7 Å². The summed E-state index contributed by atoms with van der Waals surface area (Å²) in [7, 11) is 0. The van der Waals surface area contributed by atoms with Crippen LogP contribution in [0.15, 0.2) is 84.9 Å². The molecule has 43 heavy (non-hydrogen) atoms. The van der Waals surface area contributed by atoms with Crippen LogP contribution in [0.4, 0.5) is 0 Å². The lowest BCUT2D eigenvalue weighted by Crippen LogP contribution is -2.22. The van der Waals surface area contributed by atoms with Gasteiger partial charge >= 0.3 is 5.97 Å². The summed E-state index contributed by atoms with van der Waals surface area (Å²) in [5, 5.41) is 36.2. The molecule has 0 spiro atoms. The standard InChI is InChI=1S/C36H43NO6/c38-33-20-17-28(26-43-36(41)31-19-18-29-15-6-7-16-30(29)35(31)40)24-32(33)34(39)25-37-21-9-1-2-10-22-42-23-11-8-14-27-12-4-3-5-13-27/h3-7,12-13,15-20,24,34,37-40H,1-2,8-11,14,21-23,25-26H2. The summed E-state index contributed by atoms with van der Waals surface area (Å²) in [6.45, 7) is 2.62. The van der Waals surface area contributed by atoms with Gasteiger partial charge in [-0.3, -0.25) is 0 Å². The number of carbonyl (C=O) groups is 1. The fourth-order valence-corrected chi connectivity index (χ4v) is 5.04. The van der Waals surface area contributed by atoms with Crippen LogP contribution in [-0.4, -0.2) is 47.6 Å². The van der Waals surface area contributed by atoms with E-state index in [1.54, 1.807) is 36.4 Å². The van der Waals surface area contributed by atoms with Gasteiger partial charge in [-0.05, 0) is 73.4 Å². The molecule has 7 nitrogen and oxygen atoms in total. The summed E-state index contributed by atoms with van der Waals surface area (Å²) >= 11 is 0. The van der Waals surface area contributed by atoms with E-state index in [1.165, 1.54) is 11.6 Å². The summed E-state index contributed by atoms with van der Waals surface area (Å²) in [6.07, 6.45) is 6.66. The van der Waals surface area contributed by atoms with Gasteiger partial charge in [0.25, 0.3) is 0 Å². The van der Waals surface area contributed by atoms with Crippen LogP contribution in [0, 0.1) is 0 Å². The number of aliphatic hydroxyl groups excluding tert-OH is 1. The lowest BCUT2D eigenvalue weighted by molar-refractivity contribution is 0.0469. The van der Waals surface area contributed by atoms with Gasteiger partial charge in [-0.2, -0.15) is 0 Å². The number of carbonyl (C=O) groups excluding carboxylic acids is 1. The Bertz CT molecular complexity index is 1420. The first-order valence-corrected chi connectivity index (χ1v) is 15.2. The van der Waals surface area contributed by atoms with E-state index in [0.717, 1.165) is 70.1 Å². The molecule has 0 heterocycles. The number of benzene rings is 4. The lowest BCUT2D eigenvalue weighted by Gasteiger charge is -2.15. The number of aryl methyl sites for hydroxylation is 1. The van der Waals surface area contributed by atoms with Crippen molar-refractivity contribution < 1.29 is 29.6 Å². The zero-order valence-electron chi connectivity index (χ0n) is 24.7. The molecule has 0 saturated carbocycles. The van der Waals surface area contributed by atoms with Crippen LogP contribution in [0.25, 0.3) is 10.8 Å². The highest BCUT2D eigenvalue weighted by Gasteiger charge is 2.17. The van der Waals surface area contributed by atoms with Gasteiger partial charge in [0, 0.05) is 30.7 Å². The second-order valence-corrected chi connectivity index (χ2v) is 10.8. The minimum atomic E-state index is -0.907. The van der Waals surface area contributed by atoms with Crippen molar-refractivity contribution in [2.75, 3.05) is 26.3 Å².